The fourth-order valence-corrected chi connectivity index (χ4v) is 0.849. The van der Waals surface area contributed by atoms with Crippen molar-refractivity contribution in [3.8, 4) is 12.3 Å². The predicted octanol–water partition coefficient (Wildman–Crippen LogP) is -3.05. The van der Waals surface area contributed by atoms with Crippen molar-refractivity contribution in [1.29, 1.82) is 0 Å². The van der Waals surface area contributed by atoms with Gasteiger partial charge in [-0.05, 0) is 6.42 Å². The number of hydrogen-bond acceptors (Lipinski definition) is 3. The zero-order chi connectivity index (χ0) is 7.33. The Balaban J connectivity index is 0. The van der Waals surface area contributed by atoms with Gasteiger partial charge in [0, 0.05) is 12.2 Å². The molecule has 0 aliphatic heterocycles. The molecule has 0 radical (unpaired) electrons. The van der Waals surface area contributed by atoms with E-state index < -0.39 is 10.1 Å². The van der Waals surface area contributed by atoms with Crippen LogP contribution in [-0.4, -0.2) is 18.7 Å². The first-order chi connectivity index (χ1) is 4.06. The van der Waals surface area contributed by atoms with Gasteiger partial charge < -0.3 is 4.55 Å². The van der Waals surface area contributed by atoms with Crippen LogP contribution in [0.4, 0.5) is 0 Å². The molecular weight excluding hydrogens is 163 g/mol. The molecule has 52 valence electrons. The molecule has 0 aromatic rings. The number of terminal acetylenes is 1. The van der Waals surface area contributed by atoms with Gasteiger partial charge in [-0.15, -0.1) is 12.3 Å². The Hall–Kier alpha value is 0.470. The van der Waals surface area contributed by atoms with Crippen LogP contribution in [0.15, 0.2) is 0 Å². The first-order valence-electron chi connectivity index (χ1n) is 2.43. The van der Waals surface area contributed by atoms with Crippen LogP contribution in [0.25, 0.3) is 0 Å². The second-order valence-corrected chi connectivity index (χ2v) is 3.09. The van der Waals surface area contributed by atoms with Crippen molar-refractivity contribution in [2.75, 3.05) is 5.75 Å². The van der Waals surface area contributed by atoms with Gasteiger partial charge in [-0.3, -0.25) is 0 Å². The number of hydrogen-bond donors (Lipinski definition) is 0. The minimum atomic E-state index is -4.04. The van der Waals surface area contributed by atoms with E-state index in [2.05, 4.69) is 5.92 Å². The van der Waals surface area contributed by atoms with Crippen LogP contribution in [0.1, 0.15) is 12.8 Å². The van der Waals surface area contributed by atoms with Crippen LogP contribution in [0.2, 0.25) is 0 Å². The smallest absolute Gasteiger partial charge is 0.748 e. The van der Waals surface area contributed by atoms with Gasteiger partial charge in [0.2, 0.25) is 0 Å². The topological polar surface area (TPSA) is 57.2 Å². The molecule has 0 amide bonds. The standard InChI is InChI=1S/C5H8O3S.Na/c1-2-3-4-5-9(6,7)8;/h1H,3-5H2,(H,6,7,8);/q;+1/p-1. The molecule has 0 atom stereocenters. The molecule has 0 heterocycles. The number of rotatable bonds is 3. The summed E-state index contributed by atoms with van der Waals surface area (Å²) in [5.41, 5.74) is 0. The summed E-state index contributed by atoms with van der Waals surface area (Å²) in [5.74, 6) is 1.89. The summed E-state index contributed by atoms with van der Waals surface area (Å²) in [6.45, 7) is 0. The fourth-order valence-electron chi connectivity index (χ4n) is 0.351. The summed E-state index contributed by atoms with van der Waals surface area (Å²) >= 11 is 0. The van der Waals surface area contributed by atoms with Crippen LogP contribution in [-0.2, 0) is 10.1 Å². The van der Waals surface area contributed by atoms with Crippen LogP contribution in [0, 0.1) is 12.3 Å². The van der Waals surface area contributed by atoms with Gasteiger partial charge >= 0.3 is 29.6 Å². The van der Waals surface area contributed by atoms with Crippen molar-refractivity contribution >= 4 is 10.1 Å². The van der Waals surface area contributed by atoms with Crippen molar-refractivity contribution in [2.45, 2.75) is 12.8 Å². The van der Waals surface area contributed by atoms with Gasteiger partial charge in [-0.25, -0.2) is 8.42 Å². The van der Waals surface area contributed by atoms with Crippen LogP contribution >= 0.6 is 0 Å². The van der Waals surface area contributed by atoms with E-state index in [1.54, 1.807) is 0 Å². The number of unbranched alkanes of at least 4 members (excludes halogenated alkanes) is 1. The monoisotopic (exact) mass is 170 g/mol. The summed E-state index contributed by atoms with van der Waals surface area (Å²) < 4.78 is 29.6. The Morgan fingerprint density at radius 2 is 2.00 bits per heavy atom. The fraction of sp³-hybridized carbons (Fsp3) is 0.600. The normalized spacial score (nSPS) is 9.60. The Morgan fingerprint density at radius 3 is 2.30 bits per heavy atom. The van der Waals surface area contributed by atoms with Gasteiger partial charge in [-0.1, -0.05) is 0 Å². The first kappa shape index (κ1) is 13.1. The van der Waals surface area contributed by atoms with Gasteiger partial charge in [0.1, 0.15) is 0 Å². The maximum atomic E-state index is 9.88. The zero-order valence-electron chi connectivity index (χ0n) is 5.83. The zero-order valence-corrected chi connectivity index (χ0v) is 8.65. The van der Waals surface area contributed by atoms with Gasteiger partial charge in [-0.2, -0.15) is 0 Å². The van der Waals surface area contributed by atoms with Crippen molar-refractivity contribution < 1.29 is 42.5 Å². The molecule has 0 saturated carbocycles. The Bertz CT molecular complexity index is 201. The summed E-state index contributed by atoms with van der Waals surface area (Å²) in [5, 5.41) is 0. The first-order valence-corrected chi connectivity index (χ1v) is 4.01. The van der Waals surface area contributed by atoms with E-state index in [1.807, 2.05) is 0 Å². The minimum absolute atomic E-state index is 0. The molecule has 0 spiro atoms. The molecule has 0 rings (SSSR count). The van der Waals surface area contributed by atoms with Gasteiger partial charge in [0.25, 0.3) is 0 Å². The van der Waals surface area contributed by atoms with Gasteiger partial charge in [0.05, 0.1) is 10.1 Å². The van der Waals surface area contributed by atoms with E-state index in [9.17, 15) is 13.0 Å². The molecule has 0 saturated heterocycles. The van der Waals surface area contributed by atoms with E-state index in [1.165, 1.54) is 0 Å². The van der Waals surface area contributed by atoms with E-state index in [0.29, 0.717) is 6.42 Å². The third kappa shape index (κ3) is 11.3. The molecule has 0 aromatic heterocycles. The molecule has 5 heteroatoms. The largest absolute Gasteiger partial charge is 1.00 e. The predicted molar refractivity (Wildman–Crippen MR) is 32.6 cm³/mol. The van der Waals surface area contributed by atoms with E-state index in [4.69, 9.17) is 6.42 Å². The Morgan fingerprint density at radius 1 is 1.50 bits per heavy atom. The summed E-state index contributed by atoms with van der Waals surface area (Å²) in [6, 6.07) is 0. The Kier molecular flexibility index (Phi) is 8.11. The molecule has 0 unspecified atom stereocenters. The van der Waals surface area contributed by atoms with Crippen LogP contribution in [0.3, 0.4) is 0 Å². The minimum Gasteiger partial charge on any atom is -0.748 e. The van der Waals surface area contributed by atoms with Crippen molar-refractivity contribution in [3.63, 3.8) is 0 Å². The molecule has 0 aliphatic rings. The Labute approximate surface area is 83.2 Å². The molecular formula is C5H7NaO3S. The van der Waals surface area contributed by atoms with Crippen LogP contribution in [0.5, 0.6) is 0 Å². The van der Waals surface area contributed by atoms with Crippen molar-refractivity contribution in [3.05, 3.63) is 0 Å². The summed E-state index contributed by atoms with van der Waals surface area (Å²) in [6.07, 6.45) is 5.43. The second kappa shape index (κ2) is 6.20. The summed E-state index contributed by atoms with van der Waals surface area (Å²) in [4.78, 5) is 0. The molecule has 0 N–H and O–H groups in total. The molecule has 0 aliphatic carbocycles. The van der Waals surface area contributed by atoms with Gasteiger partial charge in [0.15, 0.2) is 0 Å². The molecule has 3 nitrogen and oxygen atoms in total. The third-order valence-corrected chi connectivity index (χ3v) is 1.50. The maximum absolute atomic E-state index is 9.88. The van der Waals surface area contributed by atoms with E-state index >= 15 is 0 Å². The molecule has 0 fully saturated rings. The van der Waals surface area contributed by atoms with Crippen molar-refractivity contribution in [1.82, 2.24) is 0 Å². The summed E-state index contributed by atoms with van der Waals surface area (Å²) in [7, 11) is -4.04. The SMILES string of the molecule is C#CCCCS(=O)(=O)[O-].[Na+]. The molecule has 0 aromatic carbocycles. The maximum Gasteiger partial charge on any atom is 1.00 e. The van der Waals surface area contributed by atoms with E-state index in [0.717, 1.165) is 0 Å². The van der Waals surface area contributed by atoms with E-state index in [-0.39, 0.29) is 41.7 Å². The average Bonchev–Trinajstić information content (AvgIpc) is 1.63. The second-order valence-electron chi connectivity index (χ2n) is 1.57. The molecule has 0 bridgehead atoms. The van der Waals surface area contributed by atoms with Crippen molar-refractivity contribution in [2.24, 2.45) is 0 Å². The molecule has 10 heavy (non-hydrogen) atoms. The average molecular weight is 170 g/mol. The third-order valence-electron chi connectivity index (χ3n) is 0.715. The van der Waals surface area contributed by atoms with Crippen LogP contribution < -0.4 is 29.6 Å². The quantitative estimate of drug-likeness (QED) is 0.196.